The van der Waals surface area contributed by atoms with Crippen LogP contribution in [0.5, 0.6) is 0 Å². The fourth-order valence-corrected chi connectivity index (χ4v) is 4.42. The molecule has 0 radical (unpaired) electrons. The van der Waals surface area contributed by atoms with Crippen molar-refractivity contribution in [3.63, 3.8) is 0 Å². The Kier molecular flexibility index (Phi) is 6.41. The van der Waals surface area contributed by atoms with E-state index in [1.807, 2.05) is 43.5 Å². The highest BCUT2D eigenvalue weighted by molar-refractivity contribution is 7.99. The lowest BCUT2D eigenvalue weighted by atomic mass is 10.2. The number of carbonyl (C=O) groups excluding carboxylic acids is 1. The van der Waals surface area contributed by atoms with E-state index in [-0.39, 0.29) is 11.8 Å². The van der Waals surface area contributed by atoms with Crippen LogP contribution in [-0.2, 0) is 11.3 Å². The van der Waals surface area contributed by atoms with Crippen LogP contribution in [0.15, 0.2) is 34.0 Å². The van der Waals surface area contributed by atoms with Crippen molar-refractivity contribution in [1.82, 2.24) is 19.3 Å². The van der Waals surface area contributed by atoms with Crippen molar-refractivity contribution < 1.29 is 13.9 Å². The van der Waals surface area contributed by atoms with E-state index in [2.05, 4.69) is 21.7 Å². The van der Waals surface area contributed by atoms with E-state index in [1.165, 1.54) is 11.8 Å². The Morgan fingerprint density at radius 3 is 2.79 bits per heavy atom. The van der Waals surface area contributed by atoms with Crippen LogP contribution < -0.4 is 0 Å². The first-order valence-electron chi connectivity index (χ1n) is 9.28. The second-order valence-electron chi connectivity index (χ2n) is 6.70. The normalized spacial score (nSPS) is 12.5. The van der Waals surface area contributed by atoms with Crippen molar-refractivity contribution in [2.75, 3.05) is 19.5 Å². The molecule has 3 rings (SSSR count). The molecular weight excluding hydrogens is 376 g/mol. The van der Waals surface area contributed by atoms with Gasteiger partial charge in [0.1, 0.15) is 0 Å². The Morgan fingerprint density at radius 2 is 2.14 bits per heavy atom. The average molecular weight is 403 g/mol. The predicted molar refractivity (Wildman–Crippen MR) is 109 cm³/mol. The van der Waals surface area contributed by atoms with E-state index in [1.54, 1.807) is 13.4 Å². The molecule has 0 aliphatic carbocycles. The Morgan fingerprint density at radius 1 is 1.36 bits per heavy atom. The summed E-state index contributed by atoms with van der Waals surface area (Å²) < 4.78 is 14.8. The van der Waals surface area contributed by atoms with Crippen molar-refractivity contribution in [2.24, 2.45) is 0 Å². The number of ketones is 1. The number of aryl methyl sites for hydroxylation is 1. The fraction of sp³-hybridized carbons (Fsp3) is 0.450. The zero-order valence-electron chi connectivity index (χ0n) is 16.9. The first-order chi connectivity index (χ1) is 13.5. The summed E-state index contributed by atoms with van der Waals surface area (Å²) in [6, 6.07) is 5.81. The molecule has 0 fully saturated rings. The molecule has 150 valence electrons. The SMILES string of the molecule is CCn1c(SCC(=O)c2cc(C)n(C(C)COC)c2C)nnc1-c1ccco1. The van der Waals surface area contributed by atoms with E-state index in [9.17, 15) is 4.79 Å². The van der Waals surface area contributed by atoms with Gasteiger partial charge in [0.05, 0.1) is 24.7 Å². The summed E-state index contributed by atoms with van der Waals surface area (Å²) in [6.45, 7) is 9.42. The van der Waals surface area contributed by atoms with Gasteiger partial charge in [0, 0.05) is 30.6 Å². The third-order valence-electron chi connectivity index (χ3n) is 4.74. The summed E-state index contributed by atoms with van der Waals surface area (Å²) in [6.07, 6.45) is 1.61. The van der Waals surface area contributed by atoms with Crippen molar-refractivity contribution in [2.45, 2.75) is 45.4 Å². The van der Waals surface area contributed by atoms with Crippen molar-refractivity contribution in [1.29, 1.82) is 0 Å². The van der Waals surface area contributed by atoms with Crippen LogP contribution in [0.4, 0.5) is 0 Å². The van der Waals surface area contributed by atoms with Gasteiger partial charge in [-0.05, 0) is 45.9 Å². The summed E-state index contributed by atoms with van der Waals surface area (Å²) in [5.41, 5.74) is 2.79. The minimum atomic E-state index is 0.0826. The fourth-order valence-electron chi connectivity index (χ4n) is 3.53. The summed E-state index contributed by atoms with van der Waals surface area (Å²) >= 11 is 1.40. The van der Waals surface area contributed by atoms with E-state index in [4.69, 9.17) is 9.15 Å². The monoisotopic (exact) mass is 402 g/mol. The smallest absolute Gasteiger partial charge is 0.200 e. The predicted octanol–water partition coefficient (Wildman–Crippen LogP) is 4.16. The highest BCUT2D eigenvalue weighted by atomic mass is 32.2. The van der Waals surface area contributed by atoms with Gasteiger partial charge >= 0.3 is 0 Å². The summed E-state index contributed by atoms with van der Waals surface area (Å²) in [7, 11) is 1.69. The lowest BCUT2D eigenvalue weighted by Crippen LogP contribution is -2.14. The van der Waals surface area contributed by atoms with Gasteiger partial charge < -0.3 is 13.7 Å². The van der Waals surface area contributed by atoms with Crippen molar-refractivity contribution in [3.8, 4) is 11.6 Å². The molecule has 28 heavy (non-hydrogen) atoms. The topological polar surface area (TPSA) is 75.1 Å². The number of ether oxygens (including phenoxy) is 1. The molecule has 0 aliphatic heterocycles. The van der Waals surface area contributed by atoms with Crippen LogP contribution >= 0.6 is 11.8 Å². The molecule has 7 nitrogen and oxygen atoms in total. The van der Waals surface area contributed by atoms with Crippen LogP contribution in [0.25, 0.3) is 11.6 Å². The number of aromatic nitrogens is 4. The quantitative estimate of drug-likeness (QED) is 0.395. The Labute approximate surface area is 169 Å². The van der Waals surface area contributed by atoms with Crippen LogP contribution in [0.3, 0.4) is 0 Å². The third-order valence-corrected chi connectivity index (χ3v) is 5.71. The zero-order chi connectivity index (χ0) is 20.3. The molecule has 0 saturated heterocycles. The molecule has 3 aromatic rings. The second kappa shape index (κ2) is 8.79. The molecular formula is C20H26N4O3S. The van der Waals surface area contributed by atoms with Gasteiger partial charge in [0.25, 0.3) is 0 Å². The molecule has 1 unspecified atom stereocenters. The van der Waals surface area contributed by atoms with Gasteiger partial charge in [-0.1, -0.05) is 11.8 Å². The Hall–Kier alpha value is -2.32. The maximum absolute atomic E-state index is 12.9. The average Bonchev–Trinajstić information content (AvgIpc) is 3.38. The number of furan rings is 1. The minimum absolute atomic E-state index is 0.0826. The highest BCUT2D eigenvalue weighted by Crippen LogP contribution is 2.26. The number of hydrogen-bond acceptors (Lipinski definition) is 6. The second-order valence-corrected chi connectivity index (χ2v) is 7.64. The minimum Gasteiger partial charge on any atom is -0.461 e. The molecule has 0 N–H and O–H groups in total. The molecule has 0 amide bonds. The van der Waals surface area contributed by atoms with Gasteiger partial charge in [-0.2, -0.15) is 0 Å². The first kappa shape index (κ1) is 20.4. The Bertz CT molecular complexity index is 943. The largest absolute Gasteiger partial charge is 0.461 e. The van der Waals surface area contributed by atoms with Crippen molar-refractivity contribution >= 4 is 17.5 Å². The number of rotatable bonds is 9. The van der Waals surface area contributed by atoms with E-state index in [0.29, 0.717) is 35.6 Å². The first-order valence-corrected chi connectivity index (χ1v) is 10.3. The number of thioether (sulfide) groups is 1. The lowest BCUT2D eigenvalue weighted by molar-refractivity contribution is 0.102. The maximum atomic E-state index is 12.9. The van der Waals surface area contributed by atoms with Gasteiger partial charge in [0.15, 0.2) is 22.5 Å². The molecule has 0 spiro atoms. The maximum Gasteiger partial charge on any atom is 0.200 e. The van der Waals surface area contributed by atoms with E-state index in [0.717, 1.165) is 17.0 Å². The van der Waals surface area contributed by atoms with E-state index < -0.39 is 0 Å². The van der Waals surface area contributed by atoms with Crippen LogP contribution in [0.2, 0.25) is 0 Å². The lowest BCUT2D eigenvalue weighted by Gasteiger charge is -2.17. The summed E-state index contributed by atoms with van der Waals surface area (Å²) in [4.78, 5) is 12.9. The number of nitrogens with zero attached hydrogens (tertiary/aromatic N) is 4. The standard InChI is InChI=1S/C20H26N4O3S/c1-6-23-19(18-8-7-9-27-18)21-22-20(23)28-12-17(25)16-10-13(2)24(15(16)4)14(3)11-26-5/h7-10,14H,6,11-12H2,1-5H3. The molecule has 0 aliphatic rings. The molecule has 1 atom stereocenters. The van der Waals surface area contributed by atoms with E-state index >= 15 is 0 Å². The van der Waals surface area contributed by atoms with Crippen LogP contribution in [0, 0.1) is 13.8 Å². The molecule has 0 aromatic carbocycles. The molecule has 0 saturated carbocycles. The highest BCUT2D eigenvalue weighted by Gasteiger charge is 2.21. The number of carbonyl (C=O) groups is 1. The van der Waals surface area contributed by atoms with Crippen LogP contribution in [-0.4, -0.2) is 44.6 Å². The molecule has 3 aromatic heterocycles. The number of hydrogen-bond donors (Lipinski definition) is 0. The molecule has 0 bridgehead atoms. The van der Waals surface area contributed by atoms with Crippen LogP contribution in [0.1, 0.15) is 41.6 Å². The number of Topliss-reactive ketones (excluding diaryl/α,β-unsaturated/α-hetero) is 1. The van der Waals surface area contributed by atoms with Gasteiger partial charge in [-0.25, -0.2) is 0 Å². The molecule has 8 heteroatoms. The van der Waals surface area contributed by atoms with Gasteiger partial charge in [-0.15, -0.1) is 10.2 Å². The summed E-state index contributed by atoms with van der Waals surface area (Å²) in [5, 5.41) is 9.19. The number of methoxy groups -OCH3 is 1. The Balaban J connectivity index is 1.76. The molecule has 3 heterocycles. The summed E-state index contributed by atoms with van der Waals surface area (Å²) in [5.74, 6) is 1.73. The van der Waals surface area contributed by atoms with Gasteiger partial charge in [-0.3, -0.25) is 9.36 Å². The zero-order valence-corrected chi connectivity index (χ0v) is 17.7. The van der Waals surface area contributed by atoms with Gasteiger partial charge in [0.2, 0.25) is 0 Å². The van der Waals surface area contributed by atoms with Crippen molar-refractivity contribution in [3.05, 3.63) is 41.4 Å². The third kappa shape index (κ3) is 3.93.